The molecule has 1 saturated heterocycles. The maximum atomic E-state index is 13.2. The number of hydrogen-bond acceptors (Lipinski definition) is 2. The van der Waals surface area contributed by atoms with E-state index in [0.717, 1.165) is 23.1 Å². The molecule has 1 aliphatic heterocycles. The van der Waals surface area contributed by atoms with Crippen LogP contribution in [-0.4, -0.2) is 31.1 Å². The first-order valence-electron chi connectivity index (χ1n) is 6.01. The van der Waals surface area contributed by atoms with Crippen LogP contribution >= 0.6 is 15.9 Å². The molecule has 1 unspecified atom stereocenters. The van der Waals surface area contributed by atoms with Gasteiger partial charge in [0, 0.05) is 23.6 Å². The van der Waals surface area contributed by atoms with Crippen molar-refractivity contribution >= 4 is 15.9 Å². The van der Waals surface area contributed by atoms with Gasteiger partial charge >= 0.3 is 0 Å². The second-order valence-corrected chi connectivity index (χ2v) is 5.60. The van der Waals surface area contributed by atoms with Crippen molar-refractivity contribution in [3.63, 3.8) is 0 Å². The summed E-state index contributed by atoms with van der Waals surface area (Å²) in [7, 11) is 2.16. The van der Waals surface area contributed by atoms with Crippen molar-refractivity contribution in [3.05, 3.63) is 34.1 Å². The van der Waals surface area contributed by atoms with E-state index in [0.29, 0.717) is 6.04 Å². The minimum absolute atomic E-state index is 0.186. The van der Waals surface area contributed by atoms with Gasteiger partial charge in [0.2, 0.25) is 0 Å². The molecule has 2 nitrogen and oxygen atoms in total. The fourth-order valence-corrected chi connectivity index (χ4v) is 2.85. The fraction of sp³-hybridized carbons (Fsp3) is 0.538. The van der Waals surface area contributed by atoms with Crippen LogP contribution in [0.1, 0.15) is 18.4 Å². The van der Waals surface area contributed by atoms with Crippen LogP contribution in [0.4, 0.5) is 4.39 Å². The Bertz CT molecular complexity index is 363. The number of benzene rings is 1. The van der Waals surface area contributed by atoms with Gasteiger partial charge in [0.1, 0.15) is 5.82 Å². The minimum Gasteiger partial charge on any atom is -0.311 e. The molecule has 1 aromatic rings. The van der Waals surface area contributed by atoms with Crippen LogP contribution in [0.15, 0.2) is 22.7 Å². The summed E-state index contributed by atoms with van der Waals surface area (Å²) in [5, 5.41) is 3.40. The molecule has 0 aromatic heterocycles. The van der Waals surface area contributed by atoms with Gasteiger partial charge < -0.3 is 10.2 Å². The molecule has 1 N–H and O–H groups in total. The molecule has 0 spiro atoms. The summed E-state index contributed by atoms with van der Waals surface area (Å²) in [5.74, 6) is -0.186. The summed E-state index contributed by atoms with van der Waals surface area (Å²) in [4.78, 5) is 2.38. The average Bonchev–Trinajstić information content (AvgIpc) is 2.63. The van der Waals surface area contributed by atoms with Gasteiger partial charge in [0.25, 0.3) is 0 Å². The topological polar surface area (TPSA) is 15.3 Å². The summed E-state index contributed by atoms with van der Waals surface area (Å²) >= 11 is 3.30. The van der Waals surface area contributed by atoms with E-state index in [1.165, 1.54) is 25.5 Å². The summed E-state index contributed by atoms with van der Waals surface area (Å²) in [5.41, 5.74) is 0.984. The molecule has 0 radical (unpaired) electrons. The zero-order valence-electron chi connectivity index (χ0n) is 10.0. The monoisotopic (exact) mass is 300 g/mol. The van der Waals surface area contributed by atoms with E-state index in [9.17, 15) is 4.39 Å². The van der Waals surface area contributed by atoms with E-state index in [2.05, 4.69) is 33.2 Å². The first-order chi connectivity index (χ1) is 8.15. The number of nitrogens with one attached hydrogen (secondary N) is 1. The molecule has 1 aromatic carbocycles. The van der Waals surface area contributed by atoms with Crippen LogP contribution in [0.3, 0.4) is 0 Å². The van der Waals surface area contributed by atoms with E-state index in [4.69, 9.17) is 0 Å². The Labute approximate surface area is 110 Å². The predicted molar refractivity (Wildman–Crippen MR) is 71.5 cm³/mol. The summed E-state index contributed by atoms with van der Waals surface area (Å²) in [6.45, 7) is 2.89. The molecular weight excluding hydrogens is 283 g/mol. The van der Waals surface area contributed by atoms with Gasteiger partial charge in [-0.3, -0.25) is 0 Å². The highest BCUT2D eigenvalue weighted by molar-refractivity contribution is 9.10. The number of likely N-dealkylation sites (tertiary alicyclic amines) is 1. The van der Waals surface area contributed by atoms with Crippen LogP contribution < -0.4 is 5.32 Å². The molecule has 1 heterocycles. The van der Waals surface area contributed by atoms with Gasteiger partial charge in [0.05, 0.1) is 0 Å². The average molecular weight is 301 g/mol. The van der Waals surface area contributed by atoms with Gasteiger partial charge in [0.15, 0.2) is 0 Å². The van der Waals surface area contributed by atoms with Crippen LogP contribution in [0.5, 0.6) is 0 Å². The lowest BCUT2D eigenvalue weighted by atomic mass is 10.2. The molecule has 0 bridgehead atoms. The zero-order chi connectivity index (χ0) is 12.3. The summed E-state index contributed by atoms with van der Waals surface area (Å²) in [6.07, 6.45) is 2.55. The molecule has 17 heavy (non-hydrogen) atoms. The number of likely N-dealkylation sites (N-methyl/N-ethyl adjacent to an activating group) is 1. The summed E-state index contributed by atoms with van der Waals surface area (Å²) in [6, 6.07) is 5.64. The number of hydrogen-bond donors (Lipinski definition) is 1. The number of rotatable bonds is 4. The lowest BCUT2D eigenvalue weighted by Crippen LogP contribution is -2.35. The molecule has 1 atom stereocenters. The van der Waals surface area contributed by atoms with E-state index < -0.39 is 0 Å². The van der Waals surface area contributed by atoms with Crippen LogP contribution in [-0.2, 0) is 6.54 Å². The minimum atomic E-state index is -0.186. The van der Waals surface area contributed by atoms with Gasteiger partial charge in [-0.15, -0.1) is 0 Å². The van der Waals surface area contributed by atoms with Crippen molar-refractivity contribution in [3.8, 4) is 0 Å². The Balaban J connectivity index is 1.81. The Morgan fingerprint density at radius 1 is 1.47 bits per heavy atom. The number of nitrogens with zero attached hydrogens (tertiary/aromatic N) is 1. The largest absolute Gasteiger partial charge is 0.311 e. The molecule has 0 aliphatic carbocycles. The highest BCUT2D eigenvalue weighted by Crippen LogP contribution is 2.16. The lowest BCUT2D eigenvalue weighted by molar-refractivity contribution is 0.300. The molecule has 1 fully saturated rings. The third kappa shape index (κ3) is 3.76. The molecule has 0 saturated carbocycles. The van der Waals surface area contributed by atoms with E-state index in [1.807, 2.05) is 6.07 Å². The SMILES string of the molecule is CN1CCCC1CNCc1cc(F)cc(Br)c1. The van der Waals surface area contributed by atoms with Crippen molar-refractivity contribution in [2.24, 2.45) is 0 Å². The van der Waals surface area contributed by atoms with Crippen molar-refractivity contribution in [2.45, 2.75) is 25.4 Å². The van der Waals surface area contributed by atoms with Crippen LogP contribution in [0.25, 0.3) is 0 Å². The van der Waals surface area contributed by atoms with Gasteiger partial charge in [-0.05, 0) is 50.2 Å². The first-order valence-corrected chi connectivity index (χ1v) is 6.80. The second kappa shape index (κ2) is 5.94. The molecule has 2 rings (SSSR count). The van der Waals surface area contributed by atoms with Crippen LogP contribution in [0, 0.1) is 5.82 Å². The fourth-order valence-electron chi connectivity index (χ4n) is 2.33. The van der Waals surface area contributed by atoms with Crippen LogP contribution in [0.2, 0.25) is 0 Å². The maximum absolute atomic E-state index is 13.2. The molecular formula is C13H18BrFN2. The Morgan fingerprint density at radius 2 is 2.29 bits per heavy atom. The molecule has 4 heteroatoms. The zero-order valence-corrected chi connectivity index (χ0v) is 11.6. The third-order valence-electron chi connectivity index (χ3n) is 3.30. The molecule has 1 aliphatic rings. The molecule has 94 valence electrons. The quantitative estimate of drug-likeness (QED) is 0.920. The van der Waals surface area contributed by atoms with Crippen molar-refractivity contribution in [1.82, 2.24) is 10.2 Å². The van der Waals surface area contributed by atoms with E-state index >= 15 is 0 Å². The molecule has 0 amide bonds. The van der Waals surface area contributed by atoms with Crippen molar-refractivity contribution < 1.29 is 4.39 Å². The van der Waals surface area contributed by atoms with E-state index in [1.54, 1.807) is 6.07 Å². The first kappa shape index (κ1) is 13.0. The normalized spacial score (nSPS) is 21.0. The number of halogens is 2. The maximum Gasteiger partial charge on any atom is 0.124 e. The van der Waals surface area contributed by atoms with Gasteiger partial charge in [-0.25, -0.2) is 4.39 Å². The lowest BCUT2D eigenvalue weighted by Gasteiger charge is -2.19. The Hall–Kier alpha value is -0.450. The van der Waals surface area contributed by atoms with Gasteiger partial charge in [-0.1, -0.05) is 15.9 Å². The summed E-state index contributed by atoms with van der Waals surface area (Å²) < 4.78 is 14.0. The predicted octanol–water partition coefficient (Wildman–Crippen LogP) is 2.77. The Morgan fingerprint density at radius 3 is 2.94 bits per heavy atom. The highest BCUT2D eigenvalue weighted by atomic mass is 79.9. The van der Waals surface area contributed by atoms with Crippen molar-refractivity contribution in [1.29, 1.82) is 0 Å². The van der Waals surface area contributed by atoms with Gasteiger partial charge in [-0.2, -0.15) is 0 Å². The Kier molecular flexibility index (Phi) is 4.54. The smallest absolute Gasteiger partial charge is 0.124 e. The standard InChI is InChI=1S/C13H18BrFN2/c1-17-4-2-3-13(17)9-16-8-10-5-11(14)7-12(15)6-10/h5-7,13,16H,2-4,8-9H2,1H3. The van der Waals surface area contributed by atoms with E-state index in [-0.39, 0.29) is 5.82 Å². The highest BCUT2D eigenvalue weighted by Gasteiger charge is 2.19. The second-order valence-electron chi connectivity index (χ2n) is 4.69. The third-order valence-corrected chi connectivity index (χ3v) is 3.76. The van der Waals surface area contributed by atoms with Crippen molar-refractivity contribution in [2.75, 3.05) is 20.1 Å².